The van der Waals surface area contributed by atoms with Gasteiger partial charge in [-0.05, 0) is 31.0 Å². The van der Waals surface area contributed by atoms with Gasteiger partial charge in [-0.15, -0.1) is 0 Å². The normalized spacial score (nSPS) is 24.7. The molecule has 2 unspecified atom stereocenters. The van der Waals surface area contributed by atoms with Gasteiger partial charge in [0.2, 0.25) is 0 Å². The van der Waals surface area contributed by atoms with Crippen LogP contribution in [0.5, 0.6) is 5.75 Å². The van der Waals surface area contributed by atoms with E-state index in [2.05, 4.69) is 26.1 Å². The first-order chi connectivity index (χ1) is 8.95. The van der Waals surface area contributed by atoms with Gasteiger partial charge in [-0.1, -0.05) is 32.4 Å². The average molecular weight is 284 g/mol. The summed E-state index contributed by atoms with van der Waals surface area (Å²) in [4.78, 5) is 0. The number of aliphatic hydroxyl groups excluding tert-OH is 1. The predicted molar refractivity (Wildman–Crippen MR) is 79.1 cm³/mol. The van der Waals surface area contributed by atoms with Crippen LogP contribution in [0.15, 0.2) is 18.2 Å². The molecule has 1 saturated carbocycles. The predicted octanol–water partition coefficient (Wildman–Crippen LogP) is 3.70. The molecule has 0 aromatic heterocycles. The van der Waals surface area contributed by atoms with Gasteiger partial charge in [0.05, 0.1) is 18.4 Å². The van der Waals surface area contributed by atoms with Gasteiger partial charge in [0.25, 0.3) is 0 Å². The van der Waals surface area contributed by atoms with Crippen molar-refractivity contribution < 1.29 is 9.84 Å². The Morgan fingerprint density at radius 3 is 2.79 bits per heavy atom. The van der Waals surface area contributed by atoms with E-state index in [4.69, 9.17) is 16.3 Å². The molecule has 0 saturated heterocycles. The van der Waals surface area contributed by atoms with Crippen LogP contribution in [0.1, 0.15) is 33.6 Å². The molecule has 1 aliphatic rings. The van der Waals surface area contributed by atoms with Crippen molar-refractivity contribution in [3.63, 3.8) is 0 Å². The molecule has 0 aliphatic heterocycles. The van der Waals surface area contributed by atoms with E-state index in [1.54, 1.807) is 0 Å². The molecule has 3 nitrogen and oxygen atoms in total. The second-order valence-electron chi connectivity index (χ2n) is 5.76. The van der Waals surface area contributed by atoms with Crippen molar-refractivity contribution in [2.75, 3.05) is 11.9 Å². The zero-order valence-electron chi connectivity index (χ0n) is 11.7. The summed E-state index contributed by atoms with van der Waals surface area (Å²) in [6, 6.07) is 5.85. The lowest BCUT2D eigenvalue weighted by Gasteiger charge is -2.50. The number of nitrogens with one attached hydrogen (secondary N) is 1. The first kappa shape index (κ1) is 14.5. The maximum absolute atomic E-state index is 9.79. The molecule has 106 valence electrons. The summed E-state index contributed by atoms with van der Waals surface area (Å²) in [5, 5.41) is 13.9. The van der Waals surface area contributed by atoms with E-state index < -0.39 is 0 Å². The Balaban J connectivity index is 2.12. The molecule has 0 radical (unpaired) electrons. The van der Waals surface area contributed by atoms with Gasteiger partial charge in [-0.25, -0.2) is 0 Å². The van der Waals surface area contributed by atoms with Gasteiger partial charge in [0.1, 0.15) is 5.75 Å². The highest BCUT2D eigenvalue weighted by Gasteiger charge is 2.47. The minimum Gasteiger partial charge on any atom is -0.491 e. The minimum absolute atomic E-state index is 0.121. The maximum Gasteiger partial charge on any atom is 0.142 e. The molecule has 1 fully saturated rings. The zero-order chi connectivity index (χ0) is 14.0. The van der Waals surface area contributed by atoms with Crippen LogP contribution in [0, 0.1) is 5.41 Å². The van der Waals surface area contributed by atoms with Crippen LogP contribution in [0.25, 0.3) is 0 Å². The van der Waals surface area contributed by atoms with Crippen molar-refractivity contribution in [3.8, 4) is 5.75 Å². The lowest BCUT2D eigenvalue weighted by Crippen LogP contribution is -2.56. The second kappa shape index (κ2) is 5.59. The number of rotatable bonds is 5. The van der Waals surface area contributed by atoms with E-state index in [9.17, 15) is 5.11 Å². The van der Waals surface area contributed by atoms with Gasteiger partial charge < -0.3 is 15.2 Å². The lowest BCUT2D eigenvalue weighted by atomic mass is 9.64. The van der Waals surface area contributed by atoms with Gasteiger partial charge in [0, 0.05) is 16.5 Å². The number of benzene rings is 1. The van der Waals surface area contributed by atoms with E-state index in [1.807, 2.05) is 18.2 Å². The largest absolute Gasteiger partial charge is 0.491 e. The summed E-state index contributed by atoms with van der Waals surface area (Å²) in [7, 11) is 0. The van der Waals surface area contributed by atoms with E-state index in [0.717, 1.165) is 24.3 Å². The topological polar surface area (TPSA) is 41.5 Å². The molecule has 2 rings (SSSR count). The average Bonchev–Trinajstić information content (AvgIpc) is 2.37. The van der Waals surface area contributed by atoms with Crippen LogP contribution >= 0.6 is 11.6 Å². The fraction of sp³-hybridized carbons (Fsp3) is 0.600. The van der Waals surface area contributed by atoms with Crippen molar-refractivity contribution in [3.05, 3.63) is 23.2 Å². The summed E-state index contributed by atoms with van der Waals surface area (Å²) in [6.07, 6.45) is 1.48. The molecule has 0 spiro atoms. The molecule has 2 atom stereocenters. The summed E-state index contributed by atoms with van der Waals surface area (Å²) >= 11 is 6.05. The first-order valence-corrected chi connectivity index (χ1v) is 7.20. The maximum atomic E-state index is 9.79. The molecule has 0 heterocycles. The number of halogens is 1. The molecule has 4 heteroatoms. The lowest BCUT2D eigenvalue weighted by molar-refractivity contribution is -0.0511. The third-order valence-electron chi connectivity index (χ3n) is 3.95. The SMILES string of the molecule is CCCOc1ccc(Cl)cc1NC1CC(O)C1(C)C. The Hall–Kier alpha value is -0.930. The van der Waals surface area contributed by atoms with Crippen LogP contribution in [0.2, 0.25) is 5.02 Å². The molecular weight excluding hydrogens is 262 g/mol. The number of anilines is 1. The fourth-order valence-electron chi connectivity index (χ4n) is 2.29. The Kier molecular flexibility index (Phi) is 4.26. The van der Waals surface area contributed by atoms with Crippen molar-refractivity contribution in [1.82, 2.24) is 0 Å². The smallest absolute Gasteiger partial charge is 0.142 e. The standard InChI is InChI=1S/C15H22ClNO2/c1-4-7-19-12-6-5-10(16)8-11(12)17-13-9-14(18)15(13,2)3/h5-6,8,13-14,17-18H,4,7,9H2,1-3H3. The van der Waals surface area contributed by atoms with Crippen LogP contribution in [-0.4, -0.2) is 23.9 Å². The highest BCUT2D eigenvalue weighted by atomic mass is 35.5. The molecule has 2 N–H and O–H groups in total. The van der Waals surface area contributed by atoms with Crippen LogP contribution < -0.4 is 10.1 Å². The molecule has 0 bridgehead atoms. The molecule has 1 aliphatic carbocycles. The fourth-order valence-corrected chi connectivity index (χ4v) is 2.46. The Labute approximate surface area is 119 Å². The Morgan fingerprint density at radius 1 is 1.47 bits per heavy atom. The molecule has 1 aromatic carbocycles. The highest BCUT2D eigenvalue weighted by molar-refractivity contribution is 6.30. The van der Waals surface area contributed by atoms with E-state index >= 15 is 0 Å². The molecular formula is C15H22ClNO2. The number of hydrogen-bond donors (Lipinski definition) is 2. The van der Waals surface area contributed by atoms with E-state index in [-0.39, 0.29) is 17.6 Å². The second-order valence-corrected chi connectivity index (χ2v) is 6.20. The third kappa shape index (κ3) is 2.98. The van der Waals surface area contributed by atoms with Crippen molar-refractivity contribution >= 4 is 17.3 Å². The Morgan fingerprint density at radius 2 is 2.21 bits per heavy atom. The quantitative estimate of drug-likeness (QED) is 0.866. The highest BCUT2D eigenvalue weighted by Crippen LogP contribution is 2.43. The van der Waals surface area contributed by atoms with E-state index in [1.165, 1.54) is 0 Å². The summed E-state index contributed by atoms with van der Waals surface area (Å²) in [5.74, 6) is 0.823. The Bertz CT molecular complexity index is 448. The monoisotopic (exact) mass is 283 g/mol. The minimum atomic E-state index is -0.246. The van der Waals surface area contributed by atoms with Crippen LogP contribution in [0.3, 0.4) is 0 Å². The van der Waals surface area contributed by atoms with Gasteiger partial charge >= 0.3 is 0 Å². The summed E-state index contributed by atoms with van der Waals surface area (Å²) < 4.78 is 5.72. The van der Waals surface area contributed by atoms with Crippen molar-refractivity contribution in [2.24, 2.45) is 5.41 Å². The number of aliphatic hydroxyl groups is 1. The molecule has 0 amide bonds. The van der Waals surface area contributed by atoms with Gasteiger partial charge in [-0.2, -0.15) is 0 Å². The first-order valence-electron chi connectivity index (χ1n) is 6.82. The van der Waals surface area contributed by atoms with Crippen LogP contribution in [0.4, 0.5) is 5.69 Å². The van der Waals surface area contributed by atoms with Gasteiger partial charge in [0.15, 0.2) is 0 Å². The summed E-state index contributed by atoms with van der Waals surface area (Å²) in [5.41, 5.74) is 0.788. The third-order valence-corrected chi connectivity index (χ3v) is 4.18. The number of ether oxygens (including phenoxy) is 1. The van der Waals surface area contributed by atoms with E-state index in [0.29, 0.717) is 11.6 Å². The number of hydrogen-bond acceptors (Lipinski definition) is 3. The molecule has 1 aromatic rings. The van der Waals surface area contributed by atoms with Crippen LogP contribution in [-0.2, 0) is 0 Å². The molecule has 19 heavy (non-hydrogen) atoms. The van der Waals surface area contributed by atoms with Crippen molar-refractivity contribution in [1.29, 1.82) is 0 Å². The van der Waals surface area contributed by atoms with Crippen molar-refractivity contribution in [2.45, 2.75) is 45.8 Å². The van der Waals surface area contributed by atoms with Gasteiger partial charge in [-0.3, -0.25) is 0 Å². The summed E-state index contributed by atoms with van der Waals surface area (Å²) in [6.45, 7) is 6.90. The zero-order valence-corrected chi connectivity index (χ0v) is 12.5.